The number of carbonyl (C=O) groups excluding carboxylic acids is 1. The van der Waals surface area contributed by atoms with E-state index in [1.807, 2.05) is 46.8 Å². The summed E-state index contributed by atoms with van der Waals surface area (Å²) in [5.74, 6) is -0.527. The number of sulfonamides is 1. The second-order valence-corrected chi connectivity index (χ2v) is 7.23. The Bertz CT molecular complexity index is 848. The van der Waals surface area contributed by atoms with Gasteiger partial charge in [-0.15, -0.1) is 4.83 Å². The average molecular weight is 391 g/mol. The number of carbonyl (C=O) groups is 1. The van der Waals surface area contributed by atoms with E-state index in [0.717, 1.165) is 16.7 Å². The van der Waals surface area contributed by atoms with Crippen LogP contribution in [-0.4, -0.2) is 14.3 Å². The highest BCUT2D eigenvalue weighted by molar-refractivity contribution is 7.89. The third-order valence-electron chi connectivity index (χ3n) is 3.39. The molecule has 2 N–H and O–H groups in total. The fraction of sp³-hybridized carbons (Fsp3) is 0.286. The van der Waals surface area contributed by atoms with Crippen molar-refractivity contribution in [1.29, 1.82) is 0 Å². The summed E-state index contributed by atoms with van der Waals surface area (Å²) < 4.78 is 24.7. The summed E-state index contributed by atoms with van der Waals surface area (Å²) >= 11 is 0. The molecule has 1 amide bonds. The number of hydrazine groups is 1. The molecule has 6 heteroatoms. The minimum absolute atomic E-state index is 0.0795. The van der Waals surface area contributed by atoms with Gasteiger partial charge >= 0.3 is 0 Å². The molecule has 1 rings (SSSR count). The number of hydrogen-bond donors (Lipinski definition) is 2. The van der Waals surface area contributed by atoms with Gasteiger partial charge in [0, 0.05) is 5.57 Å². The molecule has 0 aliphatic heterocycles. The summed E-state index contributed by atoms with van der Waals surface area (Å²) in [5, 5.41) is 0. The Morgan fingerprint density at radius 1 is 1.19 bits per heavy atom. The van der Waals surface area contributed by atoms with Crippen molar-refractivity contribution in [3.05, 3.63) is 71.4 Å². The Kier molecular flexibility index (Phi) is 11.0. The third kappa shape index (κ3) is 8.19. The van der Waals surface area contributed by atoms with Gasteiger partial charge in [-0.1, -0.05) is 62.4 Å². The lowest BCUT2D eigenvalue weighted by molar-refractivity contribution is -0.117. The van der Waals surface area contributed by atoms with Gasteiger partial charge in [-0.2, -0.15) is 0 Å². The topological polar surface area (TPSA) is 75.3 Å². The van der Waals surface area contributed by atoms with Crippen molar-refractivity contribution in [2.45, 2.75) is 46.4 Å². The molecule has 0 aromatic heterocycles. The lowest BCUT2D eigenvalue weighted by Crippen LogP contribution is -2.41. The van der Waals surface area contributed by atoms with Crippen LogP contribution in [0.1, 0.15) is 45.7 Å². The van der Waals surface area contributed by atoms with Gasteiger partial charge in [-0.25, -0.2) is 8.42 Å². The SMILES string of the molecule is C=C/C=C(C)\C=C(/C)C(=O)NNS(=O)(=O)c1ccc(C)c(/C=C\C)c1.CC. The first-order valence-corrected chi connectivity index (χ1v) is 10.2. The van der Waals surface area contributed by atoms with Crippen molar-refractivity contribution >= 4 is 22.0 Å². The fourth-order valence-corrected chi connectivity index (χ4v) is 2.93. The molecule has 27 heavy (non-hydrogen) atoms. The van der Waals surface area contributed by atoms with E-state index in [9.17, 15) is 13.2 Å². The van der Waals surface area contributed by atoms with Crippen LogP contribution in [0, 0.1) is 6.92 Å². The van der Waals surface area contributed by atoms with Crippen molar-refractivity contribution in [1.82, 2.24) is 10.3 Å². The Morgan fingerprint density at radius 3 is 2.37 bits per heavy atom. The van der Waals surface area contributed by atoms with Gasteiger partial charge in [0.1, 0.15) is 0 Å². The van der Waals surface area contributed by atoms with Crippen molar-refractivity contribution in [2.24, 2.45) is 0 Å². The molecule has 5 nitrogen and oxygen atoms in total. The molecule has 0 radical (unpaired) electrons. The molecule has 0 fully saturated rings. The van der Waals surface area contributed by atoms with Crippen molar-refractivity contribution < 1.29 is 13.2 Å². The van der Waals surface area contributed by atoms with Gasteiger partial charge in [0.05, 0.1) is 4.90 Å². The van der Waals surface area contributed by atoms with E-state index < -0.39 is 15.9 Å². The van der Waals surface area contributed by atoms with Gasteiger partial charge in [0.15, 0.2) is 0 Å². The summed E-state index contributed by atoms with van der Waals surface area (Å²) in [7, 11) is -3.86. The normalized spacial score (nSPS) is 12.4. The number of allylic oxidation sites excluding steroid dienone is 5. The third-order valence-corrected chi connectivity index (χ3v) is 4.63. The molecule has 0 saturated carbocycles. The van der Waals surface area contributed by atoms with E-state index >= 15 is 0 Å². The molecule has 0 spiro atoms. The Labute approximate surface area is 163 Å². The maximum atomic E-state index is 12.4. The van der Waals surface area contributed by atoms with E-state index in [0.29, 0.717) is 5.57 Å². The molecular formula is C21H30N2O3S. The minimum Gasteiger partial charge on any atom is -0.274 e. The molecule has 1 aromatic rings. The lowest BCUT2D eigenvalue weighted by atomic mass is 10.1. The van der Waals surface area contributed by atoms with Crippen LogP contribution >= 0.6 is 0 Å². The summed E-state index contributed by atoms with van der Waals surface area (Å²) in [4.78, 5) is 14.2. The van der Waals surface area contributed by atoms with Gasteiger partial charge in [0.25, 0.3) is 15.9 Å². The predicted molar refractivity (Wildman–Crippen MR) is 113 cm³/mol. The largest absolute Gasteiger partial charge is 0.274 e. The first kappa shape index (κ1) is 24.6. The zero-order chi connectivity index (χ0) is 21.0. The highest BCUT2D eigenvalue weighted by Crippen LogP contribution is 2.16. The number of hydrogen-bond acceptors (Lipinski definition) is 3. The summed E-state index contributed by atoms with van der Waals surface area (Å²) in [5.41, 5.74) is 5.19. The van der Waals surface area contributed by atoms with Gasteiger partial charge in [-0.05, 0) is 51.0 Å². The van der Waals surface area contributed by atoms with Crippen LogP contribution in [0.25, 0.3) is 6.08 Å². The first-order valence-electron chi connectivity index (χ1n) is 8.74. The summed E-state index contributed by atoms with van der Waals surface area (Å²) in [6, 6.07) is 4.78. The van der Waals surface area contributed by atoms with E-state index in [4.69, 9.17) is 0 Å². The molecular weight excluding hydrogens is 360 g/mol. The van der Waals surface area contributed by atoms with Gasteiger partial charge < -0.3 is 0 Å². The van der Waals surface area contributed by atoms with Crippen LogP contribution in [-0.2, 0) is 14.8 Å². The maximum absolute atomic E-state index is 12.4. The molecule has 0 atom stereocenters. The average Bonchev–Trinajstić information content (AvgIpc) is 2.63. The van der Waals surface area contributed by atoms with Crippen molar-refractivity contribution in [2.75, 3.05) is 0 Å². The van der Waals surface area contributed by atoms with Crippen LogP contribution in [0.5, 0.6) is 0 Å². The number of amides is 1. The predicted octanol–water partition coefficient (Wildman–Crippen LogP) is 4.44. The number of nitrogens with one attached hydrogen (secondary N) is 2. The highest BCUT2D eigenvalue weighted by atomic mass is 32.2. The number of rotatable bonds is 7. The van der Waals surface area contributed by atoms with Crippen molar-refractivity contribution in [3.63, 3.8) is 0 Å². The van der Waals surface area contributed by atoms with Crippen molar-refractivity contribution in [3.8, 4) is 0 Å². The maximum Gasteiger partial charge on any atom is 0.261 e. The van der Waals surface area contributed by atoms with Gasteiger partial charge in [-0.3, -0.25) is 10.2 Å². The first-order chi connectivity index (χ1) is 12.7. The fourth-order valence-electron chi connectivity index (χ4n) is 2.06. The van der Waals surface area contributed by atoms with Crippen LogP contribution in [0.15, 0.2) is 65.1 Å². The van der Waals surface area contributed by atoms with E-state index in [-0.39, 0.29) is 4.90 Å². The minimum atomic E-state index is -3.86. The lowest BCUT2D eigenvalue weighted by Gasteiger charge is -2.10. The van der Waals surface area contributed by atoms with Crippen LogP contribution < -0.4 is 10.3 Å². The molecule has 0 aliphatic rings. The van der Waals surface area contributed by atoms with Gasteiger partial charge in [0.2, 0.25) is 0 Å². The molecule has 0 saturated heterocycles. The standard InChI is InChI=1S/C19H24N2O3S.C2H6/c1-6-8-14(3)12-16(5)19(22)20-21-25(23,24)18-11-10-15(4)17(13-18)9-7-2;1-2/h6-13,21H,1H2,2-5H3,(H,20,22);1-2H3/b9-7-,14-8-,16-12+;. The monoisotopic (exact) mass is 390 g/mol. The summed E-state index contributed by atoms with van der Waals surface area (Å²) in [6.45, 7) is 14.7. The molecule has 0 bridgehead atoms. The molecule has 0 heterocycles. The van der Waals surface area contributed by atoms with E-state index in [1.165, 1.54) is 6.07 Å². The zero-order valence-electron chi connectivity index (χ0n) is 17.0. The zero-order valence-corrected chi connectivity index (χ0v) is 17.8. The summed E-state index contributed by atoms with van der Waals surface area (Å²) in [6.07, 6.45) is 8.66. The quantitative estimate of drug-likeness (QED) is 0.410. The smallest absolute Gasteiger partial charge is 0.261 e. The van der Waals surface area contributed by atoms with Crippen LogP contribution in [0.2, 0.25) is 0 Å². The Morgan fingerprint density at radius 2 is 1.81 bits per heavy atom. The molecule has 148 valence electrons. The molecule has 1 aromatic carbocycles. The Hall–Kier alpha value is -2.44. The Balaban J connectivity index is 0.00000326. The number of benzene rings is 1. The highest BCUT2D eigenvalue weighted by Gasteiger charge is 2.16. The molecule has 0 unspecified atom stereocenters. The van der Waals surface area contributed by atoms with Crippen LogP contribution in [0.4, 0.5) is 0 Å². The second kappa shape index (κ2) is 12.0. The number of aryl methyl sites for hydroxylation is 1. The van der Waals surface area contributed by atoms with E-state index in [1.54, 1.807) is 37.3 Å². The van der Waals surface area contributed by atoms with E-state index in [2.05, 4.69) is 16.8 Å². The second-order valence-electron chi connectivity index (χ2n) is 5.55. The van der Waals surface area contributed by atoms with Crippen LogP contribution in [0.3, 0.4) is 0 Å². The molecule has 0 aliphatic carbocycles.